The summed E-state index contributed by atoms with van der Waals surface area (Å²) in [6, 6.07) is 3.65. The van der Waals surface area contributed by atoms with Gasteiger partial charge in [0.1, 0.15) is 0 Å². The molecule has 6 nitrogen and oxygen atoms in total. The first-order valence-corrected chi connectivity index (χ1v) is 8.53. The van der Waals surface area contributed by atoms with Gasteiger partial charge in [0.05, 0.1) is 5.39 Å². The third-order valence-electron chi connectivity index (χ3n) is 5.33. The van der Waals surface area contributed by atoms with Crippen LogP contribution in [-0.2, 0) is 0 Å². The number of rotatable bonds is 2. The fraction of sp³-hybridized carbons (Fsp3) is 0.588. The van der Waals surface area contributed by atoms with E-state index in [2.05, 4.69) is 15.5 Å². The summed E-state index contributed by atoms with van der Waals surface area (Å²) in [4.78, 5) is 18.7. The largest absolute Gasteiger partial charge is 0.348 e. The number of carbonyl (C=O) groups excluding carboxylic acids is 1. The van der Waals surface area contributed by atoms with E-state index in [1.54, 1.807) is 12.3 Å². The van der Waals surface area contributed by atoms with Crippen molar-refractivity contribution in [1.29, 1.82) is 0 Å². The average molecular weight is 351 g/mol. The van der Waals surface area contributed by atoms with Crippen molar-refractivity contribution in [1.82, 2.24) is 20.4 Å². The Labute approximate surface area is 147 Å². The molecule has 2 aromatic rings. The van der Waals surface area contributed by atoms with Gasteiger partial charge in [0.2, 0.25) is 11.4 Å². The van der Waals surface area contributed by atoms with Crippen LogP contribution in [-0.4, -0.2) is 47.1 Å². The Morgan fingerprint density at radius 1 is 1.17 bits per heavy atom. The van der Waals surface area contributed by atoms with E-state index in [4.69, 9.17) is 4.52 Å². The molecule has 4 heterocycles. The van der Waals surface area contributed by atoms with E-state index in [0.717, 1.165) is 50.9 Å². The SMILES string of the molecule is Cl.O=C(c1onc2ncccc12)N1CCC(C2CCNCC2)CC1. The van der Waals surface area contributed by atoms with Crippen LogP contribution in [0.4, 0.5) is 0 Å². The van der Waals surface area contributed by atoms with Crippen LogP contribution in [0, 0.1) is 11.8 Å². The number of pyridine rings is 1. The number of hydrogen-bond acceptors (Lipinski definition) is 5. The Morgan fingerprint density at radius 2 is 1.88 bits per heavy atom. The lowest BCUT2D eigenvalue weighted by molar-refractivity contribution is 0.0605. The van der Waals surface area contributed by atoms with Crippen molar-refractivity contribution >= 4 is 29.3 Å². The van der Waals surface area contributed by atoms with Gasteiger partial charge in [0, 0.05) is 19.3 Å². The van der Waals surface area contributed by atoms with E-state index in [9.17, 15) is 4.79 Å². The predicted octanol–water partition coefficient (Wildman–Crippen LogP) is 2.50. The molecular weight excluding hydrogens is 328 g/mol. The van der Waals surface area contributed by atoms with Crippen molar-refractivity contribution in [2.24, 2.45) is 11.8 Å². The molecule has 0 radical (unpaired) electrons. The number of fused-ring (bicyclic) bond motifs is 1. The van der Waals surface area contributed by atoms with E-state index in [0.29, 0.717) is 16.8 Å². The second-order valence-corrected chi connectivity index (χ2v) is 6.60. The molecule has 0 bridgehead atoms. The normalized spacial score (nSPS) is 20.1. The summed E-state index contributed by atoms with van der Waals surface area (Å²) in [7, 11) is 0. The molecule has 0 saturated carbocycles. The Morgan fingerprint density at radius 3 is 2.62 bits per heavy atom. The van der Waals surface area contributed by atoms with Gasteiger partial charge >= 0.3 is 0 Å². The second kappa shape index (κ2) is 7.49. The van der Waals surface area contributed by atoms with Crippen molar-refractivity contribution in [3.05, 3.63) is 24.1 Å². The molecule has 0 spiro atoms. The summed E-state index contributed by atoms with van der Waals surface area (Å²) in [5.41, 5.74) is 0.500. The molecule has 2 fully saturated rings. The van der Waals surface area contributed by atoms with Crippen LogP contribution >= 0.6 is 12.4 Å². The molecule has 4 rings (SSSR count). The Balaban J connectivity index is 0.00000169. The standard InChI is InChI=1S/C17H22N4O2.ClH/c22-17(15-14-2-1-7-19-16(14)20-23-15)21-10-5-13(6-11-21)12-3-8-18-9-4-12;/h1-2,7,12-13,18H,3-6,8-11H2;1H. The van der Waals surface area contributed by atoms with Crippen LogP contribution in [0.5, 0.6) is 0 Å². The number of nitrogens with zero attached hydrogens (tertiary/aromatic N) is 3. The van der Waals surface area contributed by atoms with E-state index in [1.807, 2.05) is 11.0 Å². The summed E-state index contributed by atoms with van der Waals surface area (Å²) in [6.45, 7) is 3.91. The highest BCUT2D eigenvalue weighted by atomic mass is 35.5. The van der Waals surface area contributed by atoms with Crippen molar-refractivity contribution in [3.63, 3.8) is 0 Å². The first-order chi connectivity index (χ1) is 11.3. The van der Waals surface area contributed by atoms with Crippen LogP contribution in [0.1, 0.15) is 36.2 Å². The molecule has 24 heavy (non-hydrogen) atoms. The zero-order chi connectivity index (χ0) is 15.6. The molecule has 2 aliphatic rings. The van der Waals surface area contributed by atoms with Gasteiger partial charge in [-0.05, 0) is 62.7 Å². The van der Waals surface area contributed by atoms with E-state index >= 15 is 0 Å². The van der Waals surface area contributed by atoms with Gasteiger partial charge in [-0.15, -0.1) is 12.4 Å². The highest BCUT2D eigenvalue weighted by molar-refractivity contribution is 6.02. The summed E-state index contributed by atoms with van der Waals surface area (Å²) in [5, 5.41) is 8.02. The fourth-order valence-electron chi connectivity index (χ4n) is 3.97. The highest BCUT2D eigenvalue weighted by Crippen LogP contribution is 2.31. The second-order valence-electron chi connectivity index (χ2n) is 6.60. The van der Waals surface area contributed by atoms with Gasteiger partial charge in [-0.1, -0.05) is 5.16 Å². The number of likely N-dealkylation sites (tertiary alicyclic amines) is 1. The van der Waals surface area contributed by atoms with Crippen LogP contribution in [0.2, 0.25) is 0 Å². The number of amides is 1. The number of hydrogen-bond donors (Lipinski definition) is 1. The zero-order valence-electron chi connectivity index (χ0n) is 13.6. The molecule has 2 aliphatic heterocycles. The first kappa shape index (κ1) is 17.2. The van der Waals surface area contributed by atoms with Crippen LogP contribution in [0.3, 0.4) is 0 Å². The zero-order valence-corrected chi connectivity index (χ0v) is 14.4. The quantitative estimate of drug-likeness (QED) is 0.901. The van der Waals surface area contributed by atoms with Crippen LogP contribution < -0.4 is 5.32 Å². The van der Waals surface area contributed by atoms with Gasteiger partial charge in [-0.25, -0.2) is 4.98 Å². The molecule has 1 N–H and O–H groups in total. The molecule has 0 aliphatic carbocycles. The number of piperidine rings is 2. The van der Waals surface area contributed by atoms with E-state index in [-0.39, 0.29) is 18.3 Å². The average Bonchev–Trinajstić information content (AvgIpc) is 3.06. The van der Waals surface area contributed by atoms with Crippen LogP contribution in [0.15, 0.2) is 22.9 Å². The summed E-state index contributed by atoms with van der Waals surface area (Å²) < 4.78 is 5.26. The molecule has 1 amide bonds. The van der Waals surface area contributed by atoms with Crippen molar-refractivity contribution < 1.29 is 9.32 Å². The smallest absolute Gasteiger partial charge is 0.293 e. The molecule has 0 unspecified atom stereocenters. The lowest BCUT2D eigenvalue weighted by atomic mass is 9.79. The Kier molecular flexibility index (Phi) is 5.36. The third kappa shape index (κ3) is 3.26. The Hall–Kier alpha value is -1.66. The molecule has 2 saturated heterocycles. The summed E-state index contributed by atoms with van der Waals surface area (Å²) in [6.07, 6.45) is 6.40. The summed E-state index contributed by atoms with van der Waals surface area (Å²) in [5.74, 6) is 1.86. The maximum atomic E-state index is 12.7. The maximum absolute atomic E-state index is 12.7. The van der Waals surface area contributed by atoms with Gasteiger partial charge in [-0.3, -0.25) is 4.79 Å². The fourth-order valence-corrected chi connectivity index (χ4v) is 3.97. The molecule has 0 aromatic carbocycles. The molecule has 2 aromatic heterocycles. The van der Waals surface area contributed by atoms with Crippen molar-refractivity contribution in [3.8, 4) is 0 Å². The lowest BCUT2D eigenvalue weighted by Gasteiger charge is -2.37. The minimum Gasteiger partial charge on any atom is -0.348 e. The van der Waals surface area contributed by atoms with E-state index in [1.165, 1.54) is 12.8 Å². The third-order valence-corrected chi connectivity index (χ3v) is 5.33. The monoisotopic (exact) mass is 350 g/mol. The topological polar surface area (TPSA) is 71.3 Å². The first-order valence-electron chi connectivity index (χ1n) is 8.53. The van der Waals surface area contributed by atoms with Crippen molar-refractivity contribution in [2.75, 3.05) is 26.2 Å². The minimum atomic E-state index is -0.0516. The lowest BCUT2D eigenvalue weighted by Crippen LogP contribution is -2.41. The number of nitrogens with one attached hydrogen (secondary N) is 1. The van der Waals surface area contributed by atoms with E-state index < -0.39 is 0 Å². The molecule has 7 heteroatoms. The van der Waals surface area contributed by atoms with Gasteiger partial charge in [-0.2, -0.15) is 0 Å². The number of aromatic nitrogens is 2. The van der Waals surface area contributed by atoms with Crippen molar-refractivity contribution in [2.45, 2.75) is 25.7 Å². The maximum Gasteiger partial charge on any atom is 0.293 e. The Bertz CT molecular complexity index is 691. The highest BCUT2D eigenvalue weighted by Gasteiger charge is 2.31. The van der Waals surface area contributed by atoms with Gasteiger partial charge < -0.3 is 14.7 Å². The predicted molar refractivity (Wildman–Crippen MR) is 93.3 cm³/mol. The minimum absolute atomic E-state index is 0. The summed E-state index contributed by atoms with van der Waals surface area (Å²) >= 11 is 0. The number of halogens is 1. The number of carbonyl (C=O) groups is 1. The molecule has 0 atom stereocenters. The van der Waals surface area contributed by atoms with Gasteiger partial charge in [0.25, 0.3) is 5.91 Å². The van der Waals surface area contributed by atoms with Gasteiger partial charge in [0.15, 0.2) is 0 Å². The van der Waals surface area contributed by atoms with Crippen LogP contribution in [0.25, 0.3) is 11.0 Å². The molecule has 130 valence electrons. The molecular formula is C17H23ClN4O2.